The zero-order valence-electron chi connectivity index (χ0n) is 6.42. The summed E-state index contributed by atoms with van der Waals surface area (Å²) in [6, 6.07) is 0. The predicted molar refractivity (Wildman–Crippen MR) is 38.9 cm³/mol. The van der Waals surface area contributed by atoms with Crippen molar-refractivity contribution in [3.8, 4) is 0 Å². The molecule has 1 unspecified atom stereocenters. The third kappa shape index (κ3) is 1.56. The van der Waals surface area contributed by atoms with E-state index in [9.17, 15) is 9.59 Å². The van der Waals surface area contributed by atoms with Crippen molar-refractivity contribution >= 4 is 11.7 Å². The molecule has 11 heavy (non-hydrogen) atoms. The maximum Gasteiger partial charge on any atom is 0.166 e. The Morgan fingerprint density at radius 3 is 2.91 bits per heavy atom. The molecule has 0 spiro atoms. The summed E-state index contributed by atoms with van der Waals surface area (Å²) < 4.78 is 5.07. The summed E-state index contributed by atoms with van der Waals surface area (Å²) in [5.41, 5.74) is 0.469. The Balaban J connectivity index is 2.71. The Kier molecular flexibility index (Phi) is 2.58. The summed E-state index contributed by atoms with van der Waals surface area (Å²) in [5.74, 6) is 1.75. The third-order valence-electron chi connectivity index (χ3n) is 1.71. The molecule has 1 atom stereocenters. The molecule has 0 aromatic rings. The smallest absolute Gasteiger partial charge is 0.166 e. The number of ketones is 1. The normalized spacial score (nSPS) is 23.9. The second-order valence-electron chi connectivity index (χ2n) is 2.43. The average Bonchev–Trinajstić information content (AvgIpc) is 2.34. The molecular formula is C8H10O3. The maximum absolute atomic E-state index is 11.0. The van der Waals surface area contributed by atoms with Gasteiger partial charge in [-0.25, -0.2) is 4.79 Å². The number of Topliss-reactive ketones (excluding diaryl/α,β-unsaturated/α-hetero) is 1. The zero-order valence-corrected chi connectivity index (χ0v) is 6.42. The van der Waals surface area contributed by atoms with E-state index < -0.39 is 6.10 Å². The standard InChI is InChI=1S/C8H10O3/c1-2-11-8-6(5-9)3-4-7(8)10/h8H,2-4H2,1H3. The van der Waals surface area contributed by atoms with Gasteiger partial charge in [0.15, 0.2) is 5.78 Å². The van der Waals surface area contributed by atoms with Gasteiger partial charge in [0.05, 0.1) is 5.57 Å². The highest BCUT2D eigenvalue weighted by Gasteiger charge is 2.30. The molecule has 0 aliphatic heterocycles. The molecule has 0 heterocycles. The van der Waals surface area contributed by atoms with Gasteiger partial charge in [0.25, 0.3) is 0 Å². The van der Waals surface area contributed by atoms with Crippen molar-refractivity contribution in [2.75, 3.05) is 6.61 Å². The van der Waals surface area contributed by atoms with E-state index in [1.807, 2.05) is 0 Å². The number of rotatable bonds is 2. The van der Waals surface area contributed by atoms with Gasteiger partial charge in [-0.1, -0.05) is 0 Å². The van der Waals surface area contributed by atoms with E-state index in [1.165, 1.54) is 0 Å². The fraction of sp³-hybridized carbons (Fsp3) is 0.625. The Hall–Kier alpha value is -0.920. The van der Waals surface area contributed by atoms with Crippen LogP contribution in [0.5, 0.6) is 0 Å². The monoisotopic (exact) mass is 154 g/mol. The lowest BCUT2D eigenvalue weighted by molar-refractivity contribution is -0.125. The molecular weight excluding hydrogens is 144 g/mol. The highest BCUT2D eigenvalue weighted by molar-refractivity contribution is 5.92. The number of ether oxygens (including phenoxy) is 1. The first-order valence-electron chi connectivity index (χ1n) is 3.67. The van der Waals surface area contributed by atoms with Crippen molar-refractivity contribution in [3.05, 3.63) is 5.57 Å². The molecule has 1 aliphatic rings. The van der Waals surface area contributed by atoms with Crippen LogP contribution in [0.4, 0.5) is 0 Å². The lowest BCUT2D eigenvalue weighted by Gasteiger charge is -2.06. The van der Waals surface area contributed by atoms with Crippen molar-refractivity contribution in [2.45, 2.75) is 25.9 Å². The first-order chi connectivity index (χ1) is 5.29. The van der Waals surface area contributed by atoms with Gasteiger partial charge in [0.2, 0.25) is 0 Å². The van der Waals surface area contributed by atoms with Crippen LogP contribution in [-0.4, -0.2) is 24.4 Å². The van der Waals surface area contributed by atoms with E-state index in [0.29, 0.717) is 25.0 Å². The summed E-state index contributed by atoms with van der Waals surface area (Å²) >= 11 is 0. The zero-order chi connectivity index (χ0) is 8.27. The van der Waals surface area contributed by atoms with Crippen molar-refractivity contribution in [1.82, 2.24) is 0 Å². The highest BCUT2D eigenvalue weighted by Crippen LogP contribution is 2.21. The van der Waals surface area contributed by atoms with Gasteiger partial charge in [-0.15, -0.1) is 0 Å². The van der Waals surface area contributed by atoms with Gasteiger partial charge in [-0.05, 0) is 13.3 Å². The second kappa shape index (κ2) is 3.46. The van der Waals surface area contributed by atoms with Crippen LogP contribution in [-0.2, 0) is 14.3 Å². The predicted octanol–water partition coefficient (Wildman–Crippen LogP) is 0.512. The molecule has 3 nitrogen and oxygen atoms in total. The number of carbonyl (C=O) groups is 1. The number of hydrogen-bond donors (Lipinski definition) is 0. The van der Waals surface area contributed by atoms with E-state index in [0.717, 1.165) is 0 Å². The van der Waals surface area contributed by atoms with Crippen molar-refractivity contribution in [2.24, 2.45) is 0 Å². The molecule has 1 rings (SSSR count). The molecule has 0 saturated heterocycles. The number of hydrogen-bond acceptors (Lipinski definition) is 3. The molecule has 0 aromatic heterocycles. The SMILES string of the molecule is CCOC1C(=O)CCC1=C=O. The molecule has 3 heteroatoms. The van der Waals surface area contributed by atoms with Crippen molar-refractivity contribution in [3.63, 3.8) is 0 Å². The van der Waals surface area contributed by atoms with E-state index in [1.54, 1.807) is 12.9 Å². The van der Waals surface area contributed by atoms with Gasteiger partial charge >= 0.3 is 0 Å². The Labute approximate surface area is 65.0 Å². The van der Waals surface area contributed by atoms with Gasteiger partial charge in [-0.3, -0.25) is 4.79 Å². The van der Waals surface area contributed by atoms with Crippen LogP contribution in [0.1, 0.15) is 19.8 Å². The molecule has 1 aliphatic carbocycles. The second-order valence-corrected chi connectivity index (χ2v) is 2.43. The summed E-state index contributed by atoms with van der Waals surface area (Å²) in [6.45, 7) is 2.26. The average molecular weight is 154 g/mol. The fourth-order valence-electron chi connectivity index (χ4n) is 1.18. The molecule has 0 N–H and O–H groups in total. The van der Waals surface area contributed by atoms with E-state index in [4.69, 9.17) is 4.74 Å². The van der Waals surface area contributed by atoms with Crippen LogP contribution in [0.2, 0.25) is 0 Å². The van der Waals surface area contributed by atoms with Gasteiger partial charge in [0, 0.05) is 13.0 Å². The topological polar surface area (TPSA) is 43.4 Å². The first-order valence-corrected chi connectivity index (χ1v) is 3.67. The minimum atomic E-state index is -0.586. The van der Waals surface area contributed by atoms with Crippen LogP contribution >= 0.6 is 0 Å². The minimum Gasteiger partial charge on any atom is -0.366 e. The van der Waals surface area contributed by atoms with Crippen LogP contribution in [0, 0.1) is 0 Å². The summed E-state index contributed by atoms with van der Waals surface area (Å²) in [4.78, 5) is 21.3. The molecule has 0 amide bonds. The van der Waals surface area contributed by atoms with Crippen molar-refractivity contribution < 1.29 is 14.3 Å². The molecule has 60 valence electrons. The lowest BCUT2D eigenvalue weighted by Crippen LogP contribution is -2.19. The Morgan fingerprint density at radius 1 is 1.64 bits per heavy atom. The Bertz CT molecular complexity index is 213. The van der Waals surface area contributed by atoms with Crippen LogP contribution in [0.15, 0.2) is 5.57 Å². The van der Waals surface area contributed by atoms with Gasteiger partial charge in [0.1, 0.15) is 12.0 Å². The first kappa shape index (κ1) is 8.18. The Morgan fingerprint density at radius 2 is 2.36 bits per heavy atom. The van der Waals surface area contributed by atoms with Crippen LogP contribution in [0.3, 0.4) is 0 Å². The summed E-state index contributed by atoms with van der Waals surface area (Å²) in [6.07, 6.45) is 0.361. The summed E-state index contributed by atoms with van der Waals surface area (Å²) in [7, 11) is 0. The van der Waals surface area contributed by atoms with Gasteiger partial charge in [-0.2, -0.15) is 0 Å². The lowest BCUT2D eigenvalue weighted by atomic mass is 10.2. The van der Waals surface area contributed by atoms with Gasteiger partial charge < -0.3 is 4.74 Å². The summed E-state index contributed by atoms with van der Waals surface area (Å²) in [5, 5.41) is 0. The van der Waals surface area contributed by atoms with E-state index >= 15 is 0 Å². The molecule has 0 bridgehead atoms. The molecule has 1 fully saturated rings. The van der Waals surface area contributed by atoms with E-state index in [-0.39, 0.29) is 5.78 Å². The maximum atomic E-state index is 11.0. The molecule has 0 aromatic carbocycles. The van der Waals surface area contributed by atoms with Crippen LogP contribution < -0.4 is 0 Å². The van der Waals surface area contributed by atoms with E-state index in [2.05, 4.69) is 0 Å². The highest BCUT2D eigenvalue weighted by atomic mass is 16.5. The fourth-order valence-corrected chi connectivity index (χ4v) is 1.18. The molecule has 0 radical (unpaired) electrons. The van der Waals surface area contributed by atoms with Crippen molar-refractivity contribution in [1.29, 1.82) is 0 Å². The largest absolute Gasteiger partial charge is 0.366 e. The van der Waals surface area contributed by atoms with Crippen LogP contribution in [0.25, 0.3) is 0 Å². The molecule has 1 saturated carbocycles. The number of carbonyl (C=O) groups excluding carboxylic acids is 2. The minimum absolute atomic E-state index is 0.00481. The quantitative estimate of drug-likeness (QED) is 0.544. The third-order valence-corrected chi connectivity index (χ3v) is 1.71.